The van der Waals surface area contributed by atoms with Crippen LogP contribution in [0.1, 0.15) is 5.69 Å². The summed E-state index contributed by atoms with van der Waals surface area (Å²) in [4.78, 5) is 3.80. The number of anilines is 3. The highest BCUT2D eigenvalue weighted by Gasteiger charge is 2.20. The third kappa shape index (κ3) is 3.25. The predicted molar refractivity (Wildman–Crippen MR) is 82.3 cm³/mol. The van der Waals surface area contributed by atoms with Gasteiger partial charge < -0.3 is 9.73 Å². The Morgan fingerprint density at radius 2 is 1.72 bits per heavy atom. The Balaban J connectivity index is 1.95. The van der Waals surface area contributed by atoms with Crippen LogP contribution in [-0.4, -0.2) is 15.4 Å². The maximum Gasteiger partial charge on any atom is 0.236 e. The maximum absolute atomic E-state index is 13.8. The van der Waals surface area contributed by atoms with Crippen LogP contribution in [0.2, 0.25) is 0 Å². The molecule has 1 heterocycles. The molecule has 3 aromatic rings. The second kappa shape index (κ2) is 6.56. The van der Waals surface area contributed by atoms with E-state index >= 15 is 0 Å². The summed E-state index contributed by atoms with van der Waals surface area (Å²) in [6.45, 7) is 0. The fraction of sp³-hybridized carbons (Fsp3) is 0. The number of rotatable bonds is 4. The van der Waals surface area contributed by atoms with Gasteiger partial charge in [0.1, 0.15) is 23.3 Å². The fourth-order valence-electron chi connectivity index (χ4n) is 2.10. The Morgan fingerprint density at radius 1 is 1.08 bits per heavy atom. The zero-order valence-electron chi connectivity index (χ0n) is 12.4. The van der Waals surface area contributed by atoms with Crippen molar-refractivity contribution in [1.82, 2.24) is 4.98 Å². The van der Waals surface area contributed by atoms with Crippen molar-refractivity contribution in [1.29, 1.82) is 5.26 Å². The van der Waals surface area contributed by atoms with Gasteiger partial charge in [0.25, 0.3) is 0 Å². The lowest BCUT2D eigenvalue weighted by atomic mass is 10.2. The van der Waals surface area contributed by atoms with E-state index in [0.717, 1.165) is 12.1 Å². The van der Waals surface area contributed by atoms with Gasteiger partial charge in [-0.15, -0.1) is 5.23 Å². The summed E-state index contributed by atoms with van der Waals surface area (Å²) in [7, 11) is 0. The summed E-state index contributed by atoms with van der Waals surface area (Å²) in [5.41, 5.74) is -0.122. The molecule has 1 aromatic heterocycles. The molecule has 0 spiro atoms. The molecule has 0 aliphatic carbocycles. The first kappa shape index (κ1) is 16.4. The molecule has 126 valence electrons. The highest BCUT2D eigenvalue weighted by Crippen LogP contribution is 2.31. The van der Waals surface area contributed by atoms with Crippen molar-refractivity contribution in [3.63, 3.8) is 0 Å². The Hall–Kier alpha value is -3.48. The zero-order chi connectivity index (χ0) is 18.0. The Labute approximate surface area is 139 Å². The molecule has 0 atom stereocenters. The second-order valence-electron chi connectivity index (χ2n) is 4.87. The molecular weight excluding hydrogens is 334 g/mol. The van der Waals surface area contributed by atoms with Crippen LogP contribution >= 0.6 is 0 Å². The smallest absolute Gasteiger partial charge is 0.236 e. The minimum atomic E-state index is -0.868. The molecule has 0 saturated heterocycles. The summed E-state index contributed by atoms with van der Waals surface area (Å²) in [6, 6.07) is 10.8. The van der Waals surface area contributed by atoms with E-state index in [1.165, 1.54) is 30.3 Å². The number of benzene rings is 2. The number of hydrogen-bond donors (Lipinski definition) is 3. The summed E-state index contributed by atoms with van der Waals surface area (Å²) in [5, 5.41) is 29.6. The van der Waals surface area contributed by atoms with Gasteiger partial charge in [-0.25, -0.2) is 8.78 Å². The van der Waals surface area contributed by atoms with Crippen molar-refractivity contribution in [2.75, 3.05) is 10.5 Å². The Bertz CT molecular complexity index is 929. The van der Waals surface area contributed by atoms with Crippen LogP contribution in [-0.2, 0) is 0 Å². The Morgan fingerprint density at radius 3 is 2.28 bits per heavy atom. The first-order valence-corrected chi connectivity index (χ1v) is 6.90. The lowest BCUT2D eigenvalue weighted by Gasteiger charge is -2.08. The molecule has 0 aliphatic heterocycles. The van der Waals surface area contributed by atoms with E-state index in [-0.39, 0.29) is 28.4 Å². The van der Waals surface area contributed by atoms with E-state index in [9.17, 15) is 8.78 Å². The van der Waals surface area contributed by atoms with Crippen molar-refractivity contribution in [3.05, 3.63) is 59.8 Å². The topological polar surface area (TPSA) is 106 Å². The maximum atomic E-state index is 13.8. The number of halogens is 2. The van der Waals surface area contributed by atoms with Crippen LogP contribution in [0.15, 0.2) is 46.9 Å². The van der Waals surface area contributed by atoms with Crippen molar-refractivity contribution >= 4 is 17.3 Å². The number of nitrogens with zero attached hydrogens (tertiary/aromatic N) is 3. The minimum absolute atomic E-state index is 0.0575. The normalized spacial score (nSPS) is 10.4. The van der Waals surface area contributed by atoms with Gasteiger partial charge in [0.2, 0.25) is 17.5 Å². The van der Waals surface area contributed by atoms with Crippen LogP contribution in [0.3, 0.4) is 0 Å². The van der Waals surface area contributed by atoms with E-state index in [4.69, 9.17) is 20.1 Å². The molecule has 9 heteroatoms. The molecule has 0 aliphatic rings. The van der Waals surface area contributed by atoms with Crippen molar-refractivity contribution in [2.24, 2.45) is 0 Å². The Kier molecular flexibility index (Phi) is 4.30. The fourth-order valence-corrected chi connectivity index (χ4v) is 2.10. The van der Waals surface area contributed by atoms with Crippen LogP contribution < -0.4 is 10.5 Å². The molecule has 0 fully saturated rings. The standard InChI is InChI=1S/C16H10F2N4O3/c17-11-2-1-3-12(18)14(11)16-21-13(8-19)15(25-16)20-9-4-6-10(7-5-9)22(23)24/h1-7,20,23-24H. The highest BCUT2D eigenvalue weighted by molar-refractivity contribution is 5.65. The quantitative estimate of drug-likeness (QED) is 0.618. The molecule has 0 radical (unpaired) electrons. The molecule has 0 saturated carbocycles. The van der Waals surface area contributed by atoms with Gasteiger partial charge in [0.15, 0.2) is 0 Å². The molecule has 25 heavy (non-hydrogen) atoms. The molecule has 2 aromatic carbocycles. The number of nitriles is 1. The molecule has 7 nitrogen and oxygen atoms in total. The molecule has 0 unspecified atom stereocenters. The van der Waals surface area contributed by atoms with Gasteiger partial charge in [-0.3, -0.25) is 10.4 Å². The van der Waals surface area contributed by atoms with Crippen molar-refractivity contribution < 1.29 is 23.6 Å². The number of nitrogens with one attached hydrogen (secondary N) is 1. The van der Waals surface area contributed by atoms with Crippen LogP contribution in [0, 0.1) is 23.0 Å². The van der Waals surface area contributed by atoms with Gasteiger partial charge in [0.05, 0.1) is 5.69 Å². The SMILES string of the molecule is N#Cc1nc(-c2c(F)cccc2F)oc1Nc1ccc(N(O)O)cc1. The van der Waals surface area contributed by atoms with Crippen molar-refractivity contribution in [2.45, 2.75) is 0 Å². The first-order chi connectivity index (χ1) is 12.0. The number of hydrogen-bond acceptors (Lipinski definition) is 7. The predicted octanol–water partition coefficient (Wildman–Crippen LogP) is 3.82. The summed E-state index contributed by atoms with van der Waals surface area (Å²) < 4.78 is 33.0. The van der Waals surface area contributed by atoms with E-state index in [1.54, 1.807) is 6.07 Å². The third-order valence-corrected chi connectivity index (χ3v) is 3.27. The van der Waals surface area contributed by atoms with Crippen LogP contribution in [0.4, 0.5) is 26.0 Å². The van der Waals surface area contributed by atoms with Crippen LogP contribution in [0.5, 0.6) is 0 Å². The molecule has 0 bridgehead atoms. The summed E-state index contributed by atoms with van der Waals surface area (Å²) in [6.07, 6.45) is 0. The lowest BCUT2D eigenvalue weighted by Crippen LogP contribution is -2.10. The van der Waals surface area contributed by atoms with Gasteiger partial charge in [-0.05, 0) is 36.4 Å². The largest absolute Gasteiger partial charge is 0.419 e. The van der Waals surface area contributed by atoms with Crippen molar-refractivity contribution in [3.8, 4) is 17.5 Å². The molecule has 3 rings (SSSR count). The van der Waals surface area contributed by atoms with Gasteiger partial charge in [0, 0.05) is 5.69 Å². The van der Waals surface area contributed by atoms with Gasteiger partial charge in [-0.2, -0.15) is 10.2 Å². The highest BCUT2D eigenvalue weighted by atomic mass is 19.1. The van der Waals surface area contributed by atoms with E-state index < -0.39 is 17.2 Å². The molecule has 0 amide bonds. The van der Waals surface area contributed by atoms with E-state index in [2.05, 4.69) is 10.3 Å². The monoisotopic (exact) mass is 344 g/mol. The average Bonchev–Trinajstić information content (AvgIpc) is 2.97. The second-order valence-corrected chi connectivity index (χ2v) is 4.87. The third-order valence-electron chi connectivity index (χ3n) is 3.27. The molecule has 3 N–H and O–H groups in total. The molecular formula is C16H10F2N4O3. The van der Waals surface area contributed by atoms with Gasteiger partial charge >= 0.3 is 0 Å². The van der Waals surface area contributed by atoms with Crippen LogP contribution in [0.25, 0.3) is 11.5 Å². The zero-order valence-corrected chi connectivity index (χ0v) is 12.4. The lowest BCUT2D eigenvalue weighted by molar-refractivity contribution is 0.0292. The minimum Gasteiger partial charge on any atom is -0.419 e. The van der Waals surface area contributed by atoms with Gasteiger partial charge in [-0.1, -0.05) is 6.07 Å². The summed E-state index contributed by atoms with van der Waals surface area (Å²) in [5.74, 6) is -2.21. The first-order valence-electron chi connectivity index (χ1n) is 6.90. The van der Waals surface area contributed by atoms with E-state index in [0.29, 0.717) is 5.69 Å². The number of oxazole rings is 1. The summed E-state index contributed by atoms with van der Waals surface area (Å²) >= 11 is 0. The average molecular weight is 344 g/mol. The van der Waals surface area contributed by atoms with E-state index in [1.807, 2.05) is 0 Å². The number of aromatic nitrogens is 1.